The first-order chi connectivity index (χ1) is 9.08. The summed E-state index contributed by atoms with van der Waals surface area (Å²) in [4.78, 5) is 24.7. The van der Waals surface area contributed by atoms with Crippen molar-refractivity contribution >= 4 is 18.0 Å². The summed E-state index contributed by atoms with van der Waals surface area (Å²) in [5, 5.41) is 8.98. The van der Waals surface area contributed by atoms with E-state index >= 15 is 0 Å². The molecule has 1 aromatic rings. The van der Waals surface area contributed by atoms with E-state index in [9.17, 15) is 9.59 Å². The number of furan rings is 1. The maximum absolute atomic E-state index is 12.0. The lowest BCUT2D eigenvalue weighted by Crippen LogP contribution is -2.45. The van der Waals surface area contributed by atoms with E-state index in [0.29, 0.717) is 25.1 Å². The van der Waals surface area contributed by atoms with Gasteiger partial charge in [0.15, 0.2) is 0 Å². The van der Waals surface area contributed by atoms with Crippen molar-refractivity contribution in [2.75, 3.05) is 6.54 Å². The fourth-order valence-corrected chi connectivity index (χ4v) is 2.36. The average molecular weight is 263 g/mol. The number of piperidine rings is 1. The quantitative estimate of drug-likeness (QED) is 0.847. The Morgan fingerprint density at radius 1 is 1.53 bits per heavy atom. The molecule has 2 unspecified atom stereocenters. The van der Waals surface area contributed by atoms with Crippen molar-refractivity contribution < 1.29 is 19.1 Å². The molecule has 1 aliphatic heterocycles. The number of nitrogens with zero attached hydrogens (tertiary/aromatic N) is 1. The topological polar surface area (TPSA) is 70.8 Å². The molecule has 5 nitrogen and oxygen atoms in total. The van der Waals surface area contributed by atoms with Gasteiger partial charge in [0.05, 0.1) is 12.2 Å². The zero-order valence-corrected chi connectivity index (χ0v) is 10.8. The lowest BCUT2D eigenvalue weighted by atomic mass is 9.91. The van der Waals surface area contributed by atoms with E-state index in [1.165, 1.54) is 6.08 Å². The number of amides is 1. The van der Waals surface area contributed by atoms with Gasteiger partial charge in [-0.1, -0.05) is 0 Å². The van der Waals surface area contributed by atoms with Gasteiger partial charge in [-0.05, 0) is 38.0 Å². The first-order valence-electron chi connectivity index (χ1n) is 6.33. The summed E-state index contributed by atoms with van der Waals surface area (Å²) in [5.41, 5.74) is 0. The fourth-order valence-electron chi connectivity index (χ4n) is 2.36. The minimum absolute atomic E-state index is 0.0522. The van der Waals surface area contributed by atoms with Crippen LogP contribution in [0.4, 0.5) is 0 Å². The number of carbonyl (C=O) groups excluding carboxylic acids is 1. The zero-order valence-electron chi connectivity index (χ0n) is 10.8. The van der Waals surface area contributed by atoms with E-state index in [2.05, 4.69) is 0 Å². The first-order valence-corrected chi connectivity index (χ1v) is 6.33. The van der Waals surface area contributed by atoms with Crippen LogP contribution in [0.1, 0.15) is 25.5 Å². The van der Waals surface area contributed by atoms with Crippen molar-refractivity contribution in [2.24, 2.45) is 5.92 Å². The average Bonchev–Trinajstić information content (AvgIpc) is 2.88. The van der Waals surface area contributed by atoms with Crippen molar-refractivity contribution in [3.63, 3.8) is 0 Å². The van der Waals surface area contributed by atoms with Gasteiger partial charge in [-0.25, -0.2) is 0 Å². The number of rotatable bonds is 3. The lowest BCUT2D eigenvalue weighted by Gasteiger charge is -2.35. The molecule has 2 atom stereocenters. The molecule has 102 valence electrons. The smallest absolute Gasteiger partial charge is 0.306 e. The highest BCUT2D eigenvalue weighted by Crippen LogP contribution is 2.23. The molecule has 19 heavy (non-hydrogen) atoms. The van der Waals surface area contributed by atoms with Gasteiger partial charge in [0, 0.05) is 18.7 Å². The maximum Gasteiger partial charge on any atom is 0.306 e. The molecule has 1 amide bonds. The number of hydrogen-bond acceptors (Lipinski definition) is 3. The van der Waals surface area contributed by atoms with Crippen LogP contribution in [0.25, 0.3) is 6.08 Å². The zero-order chi connectivity index (χ0) is 13.8. The molecule has 0 bridgehead atoms. The van der Waals surface area contributed by atoms with Crippen LogP contribution >= 0.6 is 0 Å². The van der Waals surface area contributed by atoms with Gasteiger partial charge in [-0.2, -0.15) is 0 Å². The summed E-state index contributed by atoms with van der Waals surface area (Å²) in [6, 6.07) is 3.47. The number of carboxylic acid groups (broad SMARTS) is 1. The second kappa shape index (κ2) is 5.73. The molecular weight excluding hydrogens is 246 g/mol. The third-order valence-corrected chi connectivity index (χ3v) is 3.44. The minimum Gasteiger partial charge on any atom is -0.481 e. The van der Waals surface area contributed by atoms with Crippen molar-refractivity contribution in [3.05, 3.63) is 30.2 Å². The van der Waals surface area contributed by atoms with Crippen LogP contribution in [-0.4, -0.2) is 34.5 Å². The number of carboxylic acids is 1. The summed E-state index contributed by atoms with van der Waals surface area (Å²) < 4.78 is 5.11. The molecule has 2 rings (SSSR count). The van der Waals surface area contributed by atoms with Gasteiger partial charge < -0.3 is 14.4 Å². The van der Waals surface area contributed by atoms with Gasteiger partial charge in [0.25, 0.3) is 0 Å². The number of hydrogen-bond donors (Lipinski definition) is 1. The van der Waals surface area contributed by atoms with Crippen LogP contribution < -0.4 is 0 Å². The molecule has 5 heteroatoms. The molecular formula is C14H17NO4. The molecule has 1 saturated heterocycles. The summed E-state index contributed by atoms with van der Waals surface area (Å²) in [6.07, 6.45) is 5.66. The second-order valence-electron chi connectivity index (χ2n) is 4.79. The number of aliphatic carboxylic acids is 1. The molecule has 0 saturated carbocycles. The first kappa shape index (κ1) is 13.4. The Morgan fingerprint density at radius 3 is 2.89 bits per heavy atom. The Hall–Kier alpha value is -2.04. The van der Waals surface area contributed by atoms with E-state index in [0.717, 1.165) is 0 Å². The Labute approximate surface area is 111 Å². The number of carbonyl (C=O) groups is 2. The summed E-state index contributed by atoms with van der Waals surface area (Å²) in [5.74, 6) is -0.590. The molecule has 0 radical (unpaired) electrons. The van der Waals surface area contributed by atoms with Gasteiger partial charge in [0.1, 0.15) is 5.76 Å². The van der Waals surface area contributed by atoms with Crippen LogP contribution in [0.3, 0.4) is 0 Å². The number of likely N-dealkylation sites (tertiary alicyclic amines) is 1. The molecule has 1 fully saturated rings. The van der Waals surface area contributed by atoms with Crippen LogP contribution in [-0.2, 0) is 9.59 Å². The predicted octanol–water partition coefficient (Wildman–Crippen LogP) is 2.00. The maximum atomic E-state index is 12.0. The molecule has 1 N–H and O–H groups in total. The third kappa shape index (κ3) is 3.24. The second-order valence-corrected chi connectivity index (χ2v) is 4.79. The molecule has 2 heterocycles. The van der Waals surface area contributed by atoms with Crippen LogP contribution in [0.2, 0.25) is 0 Å². The van der Waals surface area contributed by atoms with Gasteiger partial charge in [-0.15, -0.1) is 0 Å². The van der Waals surface area contributed by atoms with Gasteiger partial charge in [0.2, 0.25) is 5.91 Å². The Kier molecular flexibility index (Phi) is 4.04. The lowest BCUT2D eigenvalue weighted by molar-refractivity contribution is -0.146. The van der Waals surface area contributed by atoms with Crippen molar-refractivity contribution in [2.45, 2.75) is 25.8 Å². The van der Waals surface area contributed by atoms with E-state index in [1.807, 2.05) is 6.92 Å². The Morgan fingerprint density at radius 2 is 2.32 bits per heavy atom. The summed E-state index contributed by atoms with van der Waals surface area (Å²) in [6.45, 7) is 2.37. The highest BCUT2D eigenvalue weighted by molar-refractivity contribution is 5.91. The van der Waals surface area contributed by atoms with Crippen LogP contribution in [0, 0.1) is 5.92 Å². The van der Waals surface area contributed by atoms with Gasteiger partial charge >= 0.3 is 5.97 Å². The predicted molar refractivity (Wildman–Crippen MR) is 69.3 cm³/mol. The molecule has 0 aliphatic carbocycles. The summed E-state index contributed by atoms with van der Waals surface area (Å²) in [7, 11) is 0. The van der Waals surface area contributed by atoms with E-state index in [4.69, 9.17) is 9.52 Å². The van der Waals surface area contributed by atoms with E-state index < -0.39 is 5.97 Å². The minimum atomic E-state index is -0.773. The monoisotopic (exact) mass is 263 g/mol. The normalized spacial score (nSPS) is 23.7. The molecule has 0 aromatic carbocycles. The largest absolute Gasteiger partial charge is 0.481 e. The van der Waals surface area contributed by atoms with Crippen molar-refractivity contribution in [1.29, 1.82) is 0 Å². The SMILES string of the molecule is CC1CC(C(=O)O)CCN1C(=O)/C=C/c1ccco1. The highest BCUT2D eigenvalue weighted by Gasteiger charge is 2.31. The van der Waals surface area contributed by atoms with Crippen molar-refractivity contribution in [3.8, 4) is 0 Å². The molecule has 0 spiro atoms. The van der Waals surface area contributed by atoms with Crippen LogP contribution in [0.5, 0.6) is 0 Å². The fraction of sp³-hybridized carbons (Fsp3) is 0.429. The molecule has 1 aromatic heterocycles. The Balaban J connectivity index is 1.95. The van der Waals surface area contributed by atoms with E-state index in [-0.39, 0.29) is 17.9 Å². The standard InChI is InChI=1S/C14H17NO4/c1-10-9-11(14(17)18)6-7-15(10)13(16)5-4-12-3-2-8-19-12/h2-5,8,10-11H,6-7,9H2,1H3,(H,17,18)/b5-4+. The summed E-state index contributed by atoms with van der Waals surface area (Å²) >= 11 is 0. The molecule has 1 aliphatic rings. The van der Waals surface area contributed by atoms with Gasteiger partial charge in [-0.3, -0.25) is 9.59 Å². The van der Waals surface area contributed by atoms with E-state index in [1.54, 1.807) is 29.4 Å². The Bertz CT molecular complexity index is 478. The van der Waals surface area contributed by atoms with Crippen molar-refractivity contribution in [1.82, 2.24) is 4.90 Å². The highest BCUT2D eigenvalue weighted by atomic mass is 16.4. The third-order valence-electron chi connectivity index (χ3n) is 3.44. The van der Waals surface area contributed by atoms with Crippen LogP contribution in [0.15, 0.2) is 28.9 Å².